The molecule has 0 unspecified atom stereocenters. The van der Waals surface area contributed by atoms with Crippen molar-refractivity contribution >= 4 is 25.3 Å². The van der Waals surface area contributed by atoms with Gasteiger partial charge in [-0.25, -0.2) is 0 Å². The molecule has 0 spiro atoms. The number of hydrogen-bond donors (Lipinski definition) is 0. The fourth-order valence-corrected chi connectivity index (χ4v) is 1.46. The Bertz CT molecular complexity index is 529. The molecule has 0 atom stereocenters. The fraction of sp³-hybridized carbons (Fsp3) is 0.286. The average molecular weight is 203 g/mol. The van der Waals surface area contributed by atoms with E-state index >= 15 is 0 Å². The van der Waals surface area contributed by atoms with Crippen LogP contribution in [0, 0.1) is 0 Å². The molecule has 0 fully saturated rings. The Balaban J connectivity index is 0.000000921. The Morgan fingerprint density at radius 2 is 1.53 bits per heavy atom. The Hall–Kier alpha value is -1.50. The molecule has 0 aromatic carbocycles. The molecule has 1 heterocycles. The minimum atomic E-state index is 0.984. The van der Waals surface area contributed by atoms with E-state index in [0.29, 0.717) is 0 Å². The Morgan fingerprint density at radius 1 is 1.07 bits per heavy atom. The van der Waals surface area contributed by atoms with Crippen LogP contribution in [-0.2, 0) is 7.05 Å². The van der Waals surface area contributed by atoms with Gasteiger partial charge in [0.25, 0.3) is 0 Å². The molecule has 0 N–H and O–H groups in total. The van der Waals surface area contributed by atoms with E-state index in [9.17, 15) is 0 Å². The van der Waals surface area contributed by atoms with E-state index in [1.807, 2.05) is 44.5 Å². The summed E-state index contributed by atoms with van der Waals surface area (Å²) in [6.07, 6.45) is 5.79. The lowest BCUT2D eigenvalue weighted by Crippen LogP contribution is -2.36. The van der Waals surface area contributed by atoms with Crippen molar-refractivity contribution in [2.45, 2.75) is 20.8 Å². The molecule has 0 amide bonds. The molecule has 1 aromatic heterocycles. The van der Waals surface area contributed by atoms with Gasteiger partial charge in [0.15, 0.2) is 0 Å². The molecule has 82 valence electrons. The first-order chi connectivity index (χ1) is 7.13. The van der Waals surface area contributed by atoms with Crippen LogP contribution in [0.15, 0.2) is 12.7 Å². The summed E-state index contributed by atoms with van der Waals surface area (Å²) >= 11 is 0. The van der Waals surface area contributed by atoms with E-state index < -0.39 is 0 Å². The van der Waals surface area contributed by atoms with Gasteiger partial charge in [-0.15, -0.1) is 0 Å². The van der Waals surface area contributed by atoms with E-state index in [0.717, 1.165) is 21.1 Å². The molecule has 1 nitrogen and oxygen atoms in total. The van der Waals surface area contributed by atoms with Crippen LogP contribution in [-0.4, -0.2) is 4.57 Å². The largest absolute Gasteiger partial charge is 0.345 e. The monoisotopic (exact) mass is 203 g/mol. The summed E-state index contributed by atoms with van der Waals surface area (Å²) in [5.74, 6) is 0. The summed E-state index contributed by atoms with van der Waals surface area (Å²) in [5.41, 5.74) is 0. The van der Waals surface area contributed by atoms with Gasteiger partial charge in [-0.1, -0.05) is 51.8 Å². The minimum absolute atomic E-state index is 0.984. The average Bonchev–Trinajstić information content (AvgIpc) is 2.47. The number of aromatic nitrogens is 1. The van der Waals surface area contributed by atoms with Gasteiger partial charge in [0.2, 0.25) is 0 Å². The quantitative estimate of drug-likeness (QED) is 0.631. The van der Waals surface area contributed by atoms with E-state index in [4.69, 9.17) is 0 Å². The van der Waals surface area contributed by atoms with Crippen LogP contribution in [0.5, 0.6) is 0 Å². The van der Waals surface area contributed by atoms with E-state index in [-0.39, 0.29) is 0 Å². The summed E-state index contributed by atoms with van der Waals surface area (Å²) in [6, 6.07) is 0. The van der Waals surface area contributed by atoms with Crippen molar-refractivity contribution in [2.75, 3.05) is 0 Å². The van der Waals surface area contributed by atoms with Crippen LogP contribution in [0.3, 0.4) is 0 Å². The predicted molar refractivity (Wildman–Crippen MR) is 71.1 cm³/mol. The van der Waals surface area contributed by atoms with E-state index in [1.54, 1.807) is 6.08 Å². The molecular formula is C14H21N. The predicted octanol–water partition coefficient (Wildman–Crippen LogP) is 0.639. The fourth-order valence-electron chi connectivity index (χ4n) is 1.46. The molecular weight excluding hydrogens is 182 g/mol. The smallest absolute Gasteiger partial charge is 0.0415 e. The zero-order valence-corrected chi connectivity index (χ0v) is 10.3. The van der Waals surface area contributed by atoms with Gasteiger partial charge < -0.3 is 4.57 Å². The first kappa shape index (κ1) is 13.5. The van der Waals surface area contributed by atoms with Gasteiger partial charge in [0, 0.05) is 28.2 Å². The van der Waals surface area contributed by atoms with Crippen molar-refractivity contribution in [3.05, 3.63) is 33.8 Å². The topological polar surface area (TPSA) is 4.93 Å². The maximum absolute atomic E-state index is 3.99. The Morgan fingerprint density at radius 3 is 1.93 bits per heavy atom. The lowest BCUT2D eigenvalue weighted by Gasteiger charge is -1.87. The van der Waals surface area contributed by atoms with Crippen LogP contribution >= 0.6 is 0 Å². The second-order valence-corrected chi connectivity index (χ2v) is 2.97. The number of hydrogen-bond acceptors (Lipinski definition) is 0. The van der Waals surface area contributed by atoms with Gasteiger partial charge in [0.1, 0.15) is 0 Å². The second-order valence-electron chi connectivity index (χ2n) is 2.97. The molecule has 15 heavy (non-hydrogen) atoms. The van der Waals surface area contributed by atoms with E-state index in [1.165, 1.54) is 0 Å². The van der Waals surface area contributed by atoms with Gasteiger partial charge in [-0.3, -0.25) is 0 Å². The zero-order chi connectivity index (χ0) is 12.0. The van der Waals surface area contributed by atoms with Crippen molar-refractivity contribution in [3.63, 3.8) is 0 Å². The van der Waals surface area contributed by atoms with Crippen molar-refractivity contribution < 1.29 is 0 Å². The lowest BCUT2D eigenvalue weighted by molar-refractivity contribution is 0.859. The zero-order valence-electron chi connectivity index (χ0n) is 10.3. The van der Waals surface area contributed by atoms with Crippen LogP contribution in [0.4, 0.5) is 0 Å². The normalized spacial score (nSPS) is 12.3. The third-order valence-electron chi connectivity index (χ3n) is 2.29. The molecule has 1 aromatic rings. The number of rotatable bonds is 1. The van der Waals surface area contributed by atoms with Crippen molar-refractivity contribution in [1.82, 2.24) is 4.57 Å². The summed E-state index contributed by atoms with van der Waals surface area (Å²) in [6.45, 7) is 17.7. The van der Waals surface area contributed by atoms with Gasteiger partial charge >= 0.3 is 0 Å². The molecule has 0 bridgehead atoms. The maximum Gasteiger partial charge on any atom is 0.0415 e. The second kappa shape index (κ2) is 6.07. The molecule has 0 saturated heterocycles. The highest BCUT2D eigenvalue weighted by Crippen LogP contribution is 1.61. The van der Waals surface area contributed by atoms with Crippen molar-refractivity contribution in [1.29, 1.82) is 0 Å². The lowest BCUT2D eigenvalue weighted by atomic mass is 10.3. The highest BCUT2D eigenvalue weighted by Gasteiger charge is 1.93. The highest BCUT2D eigenvalue weighted by atomic mass is 14.9. The molecule has 1 rings (SSSR count). The van der Waals surface area contributed by atoms with Gasteiger partial charge in [-0.2, -0.15) is 0 Å². The summed E-state index contributed by atoms with van der Waals surface area (Å²) in [4.78, 5) is 0. The maximum atomic E-state index is 3.99. The van der Waals surface area contributed by atoms with Crippen LogP contribution in [0.25, 0.3) is 25.3 Å². The minimum Gasteiger partial charge on any atom is -0.345 e. The first-order valence-electron chi connectivity index (χ1n) is 5.25. The Kier molecular flexibility index (Phi) is 5.46. The molecule has 1 heteroatoms. The number of nitrogens with zero attached hydrogens (tertiary/aromatic N) is 1. The van der Waals surface area contributed by atoms with Crippen LogP contribution < -0.4 is 21.1 Å². The van der Waals surface area contributed by atoms with Gasteiger partial charge in [0.05, 0.1) is 0 Å². The molecule has 0 radical (unpaired) electrons. The summed E-state index contributed by atoms with van der Waals surface area (Å²) in [5, 5.41) is 4.25. The van der Waals surface area contributed by atoms with E-state index in [2.05, 4.69) is 19.7 Å². The van der Waals surface area contributed by atoms with Gasteiger partial charge in [-0.05, 0) is 6.92 Å². The molecule has 0 saturated carbocycles. The molecule has 0 aliphatic heterocycles. The first-order valence-corrected chi connectivity index (χ1v) is 5.25. The summed E-state index contributed by atoms with van der Waals surface area (Å²) in [7, 11) is 1.97. The molecule has 0 aliphatic rings. The third-order valence-corrected chi connectivity index (χ3v) is 2.29. The van der Waals surface area contributed by atoms with Crippen molar-refractivity contribution in [3.8, 4) is 0 Å². The van der Waals surface area contributed by atoms with Crippen LogP contribution in [0.2, 0.25) is 0 Å². The number of allylic oxidation sites excluding steroid dienone is 1. The van der Waals surface area contributed by atoms with Crippen LogP contribution in [0.1, 0.15) is 20.8 Å². The summed E-state index contributed by atoms with van der Waals surface area (Å²) < 4.78 is 1.99. The highest BCUT2D eigenvalue weighted by molar-refractivity contribution is 5.39. The Labute approximate surface area is 92.1 Å². The standard InChI is InChI=1S/C12H15N.C2H6/c1-6-8-12-10(4)13(5)9(3)11(12)7-2;1-2/h6-8H,1,3-4H2,2,5H3;1-2H3/b11-7-,12-8-;. The van der Waals surface area contributed by atoms with Crippen molar-refractivity contribution in [2.24, 2.45) is 7.05 Å². The SMILES string of the molecule is C=C/C=c1/c(=C)n(C)c(=C)/c1=C/C.CC. The molecule has 0 aliphatic carbocycles. The third kappa shape index (κ3) is 2.50.